The van der Waals surface area contributed by atoms with E-state index in [1.165, 1.54) is 17.3 Å². The second-order valence-electron chi connectivity index (χ2n) is 6.89. The molecule has 3 aromatic rings. The highest BCUT2D eigenvalue weighted by atomic mass is 35.5. The van der Waals surface area contributed by atoms with Crippen molar-refractivity contribution in [3.05, 3.63) is 77.6 Å². The van der Waals surface area contributed by atoms with Crippen LogP contribution in [0.3, 0.4) is 0 Å². The lowest BCUT2D eigenvalue weighted by Gasteiger charge is -2.09. The van der Waals surface area contributed by atoms with Crippen molar-refractivity contribution in [2.24, 2.45) is 0 Å². The van der Waals surface area contributed by atoms with E-state index in [0.717, 1.165) is 12.1 Å². The highest BCUT2D eigenvalue weighted by molar-refractivity contribution is 7.99. The van der Waals surface area contributed by atoms with Crippen molar-refractivity contribution in [1.29, 1.82) is 0 Å². The summed E-state index contributed by atoms with van der Waals surface area (Å²) in [6.45, 7) is 6.26. The number of carbonyl (C=O) groups excluding carboxylic acids is 2. The number of benzene rings is 2. The van der Waals surface area contributed by atoms with Gasteiger partial charge in [0.1, 0.15) is 5.82 Å². The molecule has 2 aromatic carbocycles. The summed E-state index contributed by atoms with van der Waals surface area (Å²) in [6.07, 6.45) is 2.66. The minimum Gasteiger partial charge on any atom is -0.325 e. The van der Waals surface area contributed by atoms with Gasteiger partial charge >= 0.3 is 0 Å². The molecule has 1 heterocycles. The lowest BCUT2D eigenvalue weighted by molar-refractivity contribution is -0.116. The number of hydrogen-bond donors (Lipinski definition) is 2. The summed E-state index contributed by atoms with van der Waals surface area (Å²) in [5, 5.41) is 14.9. The zero-order valence-corrected chi connectivity index (χ0v) is 19.2. The number of nitrogens with zero attached hydrogens (tertiary/aromatic N) is 3. The van der Waals surface area contributed by atoms with Crippen molar-refractivity contribution in [2.75, 3.05) is 16.4 Å². The smallest absolute Gasteiger partial charge is 0.234 e. The van der Waals surface area contributed by atoms with Crippen molar-refractivity contribution < 1.29 is 9.59 Å². The molecule has 2 amide bonds. The van der Waals surface area contributed by atoms with E-state index in [1.54, 1.807) is 34.9 Å². The van der Waals surface area contributed by atoms with E-state index in [0.29, 0.717) is 28.2 Å². The largest absolute Gasteiger partial charge is 0.325 e. The second kappa shape index (κ2) is 11.5. The molecule has 1 aromatic heterocycles. The average Bonchev–Trinajstić information content (AvgIpc) is 3.16. The molecule has 3 rings (SSSR count). The summed E-state index contributed by atoms with van der Waals surface area (Å²) in [4.78, 5) is 24.8. The third-order valence-electron chi connectivity index (χ3n) is 4.55. The Kier molecular flexibility index (Phi) is 8.47. The normalized spacial score (nSPS) is 10.6. The first-order valence-corrected chi connectivity index (χ1v) is 11.5. The van der Waals surface area contributed by atoms with Gasteiger partial charge in [-0.3, -0.25) is 9.59 Å². The average molecular weight is 470 g/mol. The molecular formula is C23H24ClN5O2S. The number of carbonyl (C=O) groups is 2. The summed E-state index contributed by atoms with van der Waals surface area (Å²) in [6, 6.07) is 14.8. The number of hydrogen-bond acceptors (Lipinski definition) is 5. The first-order chi connectivity index (χ1) is 15.5. The van der Waals surface area contributed by atoms with E-state index in [1.807, 2.05) is 24.3 Å². The predicted octanol–water partition coefficient (Wildman–Crippen LogP) is 4.59. The molecule has 32 heavy (non-hydrogen) atoms. The molecule has 0 aliphatic rings. The summed E-state index contributed by atoms with van der Waals surface area (Å²) in [7, 11) is 0. The molecule has 0 fully saturated rings. The summed E-state index contributed by atoms with van der Waals surface area (Å²) < 4.78 is 1.77. The van der Waals surface area contributed by atoms with Gasteiger partial charge < -0.3 is 15.2 Å². The number of thioether (sulfide) groups is 1. The molecule has 0 radical (unpaired) electrons. The van der Waals surface area contributed by atoms with Gasteiger partial charge in [-0.1, -0.05) is 60.6 Å². The van der Waals surface area contributed by atoms with Crippen LogP contribution >= 0.6 is 23.4 Å². The fourth-order valence-electron chi connectivity index (χ4n) is 2.92. The Labute approximate surface area is 196 Å². The molecular weight excluding hydrogens is 446 g/mol. The topological polar surface area (TPSA) is 88.9 Å². The number of allylic oxidation sites excluding steroid dienone is 1. The van der Waals surface area contributed by atoms with Crippen LogP contribution in [0.4, 0.5) is 11.4 Å². The number of rotatable bonds is 10. The van der Waals surface area contributed by atoms with Gasteiger partial charge in [0.15, 0.2) is 5.16 Å². The van der Waals surface area contributed by atoms with Gasteiger partial charge in [0, 0.05) is 12.2 Å². The van der Waals surface area contributed by atoms with E-state index >= 15 is 0 Å². The number of anilines is 2. The second-order valence-corrected chi connectivity index (χ2v) is 8.24. The molecule has 0 atom stereocenters. The molecule has 0 saturated carbocycles. The Morgan fingerprint density at radius 2 is 1.84 bits per heavy atom. The third-order valence-corrected chi connectivity index (χ3v) is 5.85. The van der Waals surface area contributed by atoms with Gasteiger partial charge in [-0.25, -0.2) is 0 Å². The van der Waals surface area contributed by atoms with Crippen LogP contribution < -0.4 is 10.6 Å². The lowest BCUT2D eigenvalue weighted by Crippen LogP contribution is -2.18. The van der Waals surface area contributed by atoms with Crippen LogP contribution in [0.15, 0.2) is 66.3 Å². The van der Waals surface area contributed by atoms with Crippen LogP contribution in [-0.2, 0) is 29.0 Å². The van der Waals surface area contributed by atoms with Gasteiger partial charge in [-0.2, -0.15) is 0 Å². The van der Waals surface area contributed by atoms with Crippen LogP contribution in [-0.4, -0.2) is 32.3 Å². The maximum atomic E-state index is 12.5. The van der Waals surface area contributed by atoms with Crippen LogP contribution in [0.25, 0.3) is 0 Å². The summed E-state index contributed by atoms with van der Waals surface area (Å²) >= 11 is 7.35. The number of amides is 2. The van der Waals surface area contributed by atoms with Crippen LogP contribution in [0.5, 0.6) is 0 Å². The Bertz CT molecular complexity index is 1100. The lowest BCUT2D eigenvalue weighted by atomic mass is 10.1. The van der Waals surface area contributed by atoms with Crippen molar-refractivity contribution in [3.8, 4) is 0 Å². The van der Waals surface area contributed by atoms with E-state index in [-0.39, 0.29) is 24.0 Å². The Morgan fingerprint density at radius 1 is 1.09 bits per heavy atom. The highest BCUT2D eigenvalue weighted by Crippen LogP contribution is 2.22. The Morgan fingerprint density at radius 3 is 2.53 bits per heavy atom. The maximum absolute atomic E-state index is 12.5. The molecule has 0 spiro atoms. The zero-order valence-electron chi connectivity index (χ0n) is 17.7. The Balaban J connectivity index is 1.60. The number of para-hydroxylation sites is 1. The van der Waals surface area contributed by atoms with E-state index in [4.69, 9.17) is 11.6 Å². The maximum Gasteiger partial charge on any atom is 0.234 e. The number of aryl methyl sites for hydroxylation is 1. The van der Waals surface area contributed by atoms with Gasteiger partial charge in [0.05, 0.1) is 22.9 Å². The van der Waals surface area contributed by atoms with Crippen LogP contribution in [0.1, 0.15) is 18.3 Å². The minimum atomic E-state index is -0.263. The quantitative estimate of drug-likeness (QED) is 0.335. The number of aromatic nitrogens is 3. The summed E-state index contributed by atoms with van der Waals surface area (Å²) in [5.74, 6) is 0.231. The van der Waals surface area contributed by atoms with Crippen LogP contribution in [0, 0.1) is 0 Å². The molecule has 0 unspecified atom stereocenters. The third kappa shape index (κ3) is 6.45. The van der Waals surface area contributed by atoms with Gasteiger partial charge in [0.25, 0.3) is 0 Å². The molecule has 7 nitrogen and oxygen atoms in total. The zero-order chi connectivity index (χ0) is 22.9. The molecule has 9 heteroatoms. The van der Waals surface area contributed by atoms with Crippen molar-refractivity contribution in [1.82, 2.24) is 14.8 Å². The van der Waals surface area contributed by atoms with Gasteiger partial charge in [0.2, 0.25) is 11.8 Å². The highest BCUT2D eigenvalue weighted by Gasteiger charge is 2.17. The first-order valence-electron chi connectivity index (χ1n) is 10.1. The van der Waals surface area contributed by atoms with Crippen molar-refractivity contribution >= 4 is 46.6 Å². The van der Waals surface area contributed by atoms with Gasteiger partial charge in [-0.05, 0) is 36.2 Å². The minimum absolute atomic E-state index is 0.0165. The molecule has 0 aliphatic carbocycles. The summed E-state index contributed by atoms with van der Waals surface area (Å²) in [5.41, 5.74) is 2.49. The monoisotopic (exact) mass is 469 g/mol. The fraction of sp³-hybridized carbons (Fsp3) is 0.217. The van der Waals surface area contributed by atoms with E-state index < -0.39 is 0 Å². The van der Waals surface area contributed by atoms with Crippen LogP contribution in [0.2, 0.25) is 5.02 Å². The Hall–Kier alpha value is -3.10. The van der Waals surface area contributed by atoms with E-state index in [9.17, 15) is 9.59 Å². The van der Waals surface area contributed by atoms with Crippen molar-refractivity contribution in [3.63, 3.8) is 0 Å². The number of halogens is 1. The van der Waals surface area contributed by atoms with Crippen molar-refractivity contribution in [2.45, 2.75) is 31.5 Å². The molecule has 166 valence electrons. The first kappa shape index (κ1) is 23.6. The number of nitrogens with one attached hydrogen (secondary N) is 2. The molecule has 2 N–H and O–H groups in total. The molecule has 0 aliphatic heterocycles. The van der Waals surface area contributed by atoms with E-state index in [2.05, 4.69) is 34.3 Å². The standard InChI is InChI=1S/C23H24ClN5O2S/c1-3-13-29-20(14-21(30)26-19-8-6-5-7-18(19)24)27-28-23(29)32-15-22(31)25-17-11-9-16(4-2)10-12-17/h3,5-12H,1,4,13-15H2,2H3,(H,25,31)(H,26,30). The fourth-order valence-corrected chi connectivity index (χ4v) is 3.87. The predicted molar refractivity (Wildman–Crippen MR) is 129 cm³/mol. The van der Waals surface area contributed by atoms with Gasteiger partial charge in [-0.15, -0.1) is 16.8 Å². The molecule has 0 bridgehead atoms. The molecule has 0 saturated heterocycles. The SMILES string of the molecule is C=CCn1c(CC(=O)Nc2ccccc2Cl)nnc1SCC(=O)Nc1ccc(CC)cc1.